The average molecular weight is 377 g/mol. The van der Waals surface area contributed by atoms with E-state index in [2.05, 4.69) is 44.1 Å². The van der Waals surface area contributed by atoms with Gasteiger partial charge in [-0.1, -0.05) is 56.3 Å². The average Bonchev–Trinajstić information content (AvgIpc) is 3.00. The fraction of sp³-hybridized carbons (Fsp3) is 0.333. The number of carbonyl (C=O) groups excluding carboxylic acids is 1. The molecule has 0 N–H and O–H groups in total. The van der Waals surface area contributed by atoms with E-state index in [4.69, 9.17) is 4.84 Å². The molecule has 4 heteroatoms. The summed E-state index contributed by atoms with van der Waals surface area (Å²) in [4.78, 5) is 17.7. The second-order valence-electron chi connectivity index (χ2n) is 8.48. The van der Waals surface area contributed by atoms with Crippen molar-refractivity contribution in [1.29, 1.82) is 0 Å². The monoisotopic (exact) mass is 377 g/mol. The van der Waals surface area contributed by atoms with Crippen LogP contribution in [0.2, 0.25) is 0 Å². The van der Waals surface area contributed by atoms with Crippen LogP contribution in [-0.4, -0.2) is 11.7 Å². The smallest absolute Gasteiger partial charge is 0.313 e. The minimum absolute atomic E-state index is 0.0364. The quantitative estimate of drug-likeness (QED) is 0.495. The summed E-state index contributed by atoms with van der Waals surface area (Å²) in [5.74, 6) is -0.588. The number of allylic oxidation sites excluding steroid dienone is 1. The van der Waals surface area contributed by atoms with Gasteiger partial charge in [0.25, 0.3) is 0 Å². The highest BCUT2D eigenvalue weighted by atomic mass is 19.1. The number of halogens is 1. The van der Waals surface area contributed by atoms with Crippen LogP contribution in [0.4, 0.5) is 4.39 Å². The van der Waals surface area contributed by atoms with E-state index < -0.39 is 11.8 Å². The van der Waals surface area contributed by atoms with E-state index in [9.17, 15) is 9.18 Å². The van der Waals surface area contributed by atoms with E-state index >= 15 is 0 Å². The van der Waals surface area contributed by atoms with Gasteiger partial charge in [0.05, 0.1) is 11.3 Å². The Kier molecular flexibility index (Phi) is 4.45. The minimum atomic E-state index is -0.573. The molecular weight excluding hydrogens is 353 g/mol. The maximum absolute atomic E-state index is 13.1. The van der Waals surface area contributed by atoms with E-state index in [0.29, 0.717) is 5.92 Å². The summed E-state index contributed by atoms with van der Waals surface area (Å²) >= 11 is 0. The third-order valence-electron chi connectivity index (χ3n) is 6.82. The molecule has 2 fully saturated rings. The molecule has 2 aromatic carbocycles. The number of benzene rings is 2. The van der Waals surface area contributed by atoms with Crippen molar-refractivity contribution in [2.75, 3.05) is 0 Å². The van der Waals surface area contributed by atoms with Gasteiger partial charge in [-0.2, -0.15) is 0 Å². The number of carbonyl (C=O) groups is 1. The Balaban J connectivity index is 1.70. The molecular formula is C24H24FNO2. The number of hydrogen-bond acceptors (Lipinski definition) is 3. The summed E-state index contributed by atoms with van der Waals surface area (Å²) in [6.07, 6.45) is 4.29. The largest absolute Gasteiger partial charge is 0.365 e. The highest BCUT2D eigenvalue weighted by Gasteiger charge is 2.62. The predicted molar refractivity (Wildman–Crippen MR) is 108 cm³/mol. The third kappa shape index (κ3) is 2.88. The second-order valence-corrected chi connectivity index (χ2v) is 8.48. The summed E-state index contributed by atoms with van der Waals surface area (Å²) in [6, 6.07) is 15.4. The van der Waals surface area contributed by atoms with Crippen molar-refractivity contribution in [2.24, 2.45) is 21.9 Å². The van der Waals surface area contributed by atoms with Gasteiger partial charge >= 0.3 is 5.97 Å². The van der Waals surface area contributed by atoms with Crippen molar-refractivity contribution < 1.29 is 14.0 Å². The molecule has 0 heterocycles. The van der Waals surface area contributed by atoms with Crippen LogP contribution >= 0.6 is 0 Å². The Morgan fingerprint density at radius 2 is 1.79 bits per heavy atom. The van der Waals surface area contributed by atoms with Crippen molar-refractivity contribution in [3.8, 4) is 0 Å². The molecule has 2 unspecified atom stereocenters. The van der Waals surface area contributed by atoms with Gasteiger partial charge in [-0.3, -0.25) is 0 Å². The van der Waals surface area contributed by atoms with E-state index in [-0.39, 0.29) is 16.4 Å². The molecule has 2 aliphatic carbocycles. The van der Waals surface area contributed by atoms with Crippen LogP contribution in [0.1, 0.15) is 49.5 Å². The minimum Gasteiger partial charge on any atom is -0.313 e. The van der Waals surface area contributed by atoms with Gasteiger partial charge < -0.3 is 4.84 Å². The fourth-order valence-corrected chi connectivity index (χ4v) is 4.73. The molecule has 144 valence electrons. The maximum Gasteiger partial charge on any atom is 0.365 e. The molecule has 2 atom stereocenters. The lowest BCUT2D eigenvalue weighted by atomic mass is 9.70. The maximum atomic E-state index is 13.1. The van der Waals surface area contributed by atoms with Gasteiger partial charge in [-0.05, 0) is 65.7 Å². The molecule has 2 aromatic rings. The van der Waals surface area contributed by atoms with Crippen molar-refractivity contribution in [3.05, 3.63) is 77.1 Å². The first-order chi connectivity index (χ1) is 13.3. The van der Waals surface area contributed by atoms with Crippen molar-refractivity contribution >= 4 is 17.8 Å². The molecule has 0 aromatic heterocycles. The Morgan fingerprint density at radius 3 is 2.46 bits per heavy atom. The van der Waals surface area contributed by atoms with Crippen LogP contribution in [0.15, 0.2) is 65.3 Å². The summed E-state index contributed by atoms with van der Waals surface area (Å²) < 4.78 is 13.1. The SMILES string of the molecule is CC12CCC(C(=C\c3ccccc3)/C1=N/OC(=O)c1ccc(F)cc1)C2(C)C. The Labute approximate surface area is 164 Å². The molecule has 0 amide bonds. The summed E-state index contributed by atoms with van der Waals surface area (Å²) in [5, 5.41) is 4.35. The van der Waals surface area contributed by atoms with E-state index in [1.54, 1.807) is 0 Å². The van der Waals surface area contributed by atoms with Crippen molar-refractivity contribution in [1.82, 2.24) is 0 Å². The third-order valence-corrected chi connectivity index (χ3v) is 6.82. The van der Waals surface area contributed by atoms with E-state index in [1.165, 1.54) is 24.3 Å². The van der Waals surface area contributed by atoms with Crippen LogP contribution < -0.4 is 0 Å². The van der Waals surface area contributed by atoms with Gasteiger partial charge in [0.2, 0.25) is 0 Å². The topological polar surface area (TPSA) is 38.7 Å². The van der Waals surface area contributed by atoms with E-state index in [0.717, 1.165) is 29.7 Å². The van der Waals surface area contributed by atoms with Crippen molar-refractivity contribution in [3.63, 3.8) is 0 Å². The Hall–Kier alpha value is -2.75. The van der Waals surface area contributed by atoms with Gasteiger partial charge in [0, 0.05) is 5.41 Å². The molecule has 4 rings (SSSR count). The van der Waals surface area contributed by atoms with Gasteiger partial charge in [-0.25, -0.2) is 9.18 Å². The first kappa shape index (κ1) is 18.6. The first-order valence-corrected chi connectivity index (χ1v) is 9.65. The zero-order chi connectivity index (χ0) is 19.9. The van der Waals surface area contributed by atoms with Crippen LogP contribution in [0.25, 0.3) is 6.08 Å². The van der Waals surface area contributed by atoms with Gasteiger partial charge in [-0.15, -0.1) is 0 Å². The molecule has 28 heavy (non-hydrogen) atoms. The summed E-state index contributed by atoms with van der Waals surface area (Å²) in [7, 11) is 0. The molecule has 0 saturated heterocycles. The van der Waals surface area contributed by atoms with Crippen LogP contribution in [0, 0.1) is 22.6 Å². The zero-order valence-electron chi connectivity index (χ0n) is 16.4. The number of fused-ring (bicyclic) bond motifs is 2. The van der Waals surface area contributed by atoms with E-state index in [1.807, 2.05) is 18.2 Å². The highest BCUT2D eigenvalue weighted by molar-refractivity contribution is 6.11. The second kappa shape index (κ2) is 6.69. The number of oxime groups is 1. The molecule has 2 saturated carbocycles. The molecule has 0 spiro atoms. The molecule has 2 bridgehead atoms. The van der Waals surface area contributed by atoms with Gasteiger partial charge in [0.15, 0.2) is 0 Å². The van der Waals surface area contributed by atoms with Crippen molar-refractivity contribution in [2.45, 2.75) is 33.6 Å². The first-order valence-electron chi connectivity index (χ1n) is 9.65. The molecule has 2 aliphatic rings. The van der Waals surface area contributed by atoms with Crippen LogP contribution in [0.5, 0.6) is 0 Å². The lowest BCUT2D eigenvalue weighted by Crippen LogP contribution is -2.33. The van der Waals surface area contributed by atoms with Gasteiger partial charge in [0.1, 0.15) is 5.82 Å². The molecule has 0 aliphatic heterocycles. The summed E-state index contributed by atoms with van der Waals surface area (Å²) in [6.45, 7) is 6.75. The number of nitrogens with zero attached hydrogens (tertiary/aromatic N) is 1. The molecule has 0 radical (unpaired) electrons. The highest BCUT2D eigenvalue weighted by Crippen LogP contribution is 2.66. The lowest BCUT2D eigenvalue weighted by molar-refractivity contribution is 0.0509. The fourth-order valence-electron chi connectivity index (χ4n) is 4.73. The predicted octanol–water partition coefficient (Wildman–Crippen LogP) is 5.88. The van der Waals surface area contributed by atoms with Crippen LogP contribution in [0.3, 0.4) is 0 Å². The summed E-state index contributed by atoms with van der Waals surface area (Å²) in [5.41, 5.74) is 3.29. The zero-order valence-corrected chi connectivity index (χ0v) is 16.4. The van der Waals surface area contributed by atoms with Crippen LogP contribution in [-0.2, 0) is 4.84 Å². The number of hydrogen-bond donors (Lipinski definition) is 0. The number of rotatable bonds is 3. The Morgan fingerprint density at radius 1 is 1.11 bits per heavy atom. The molecule has 3 nitrogen and oxygen atoms in total. The normalized spacial score (nSPS) is 28.1. The Bertz CT molecular complexity index is 960. The standard InChI is InChI=1S/C24H24FNO2/c1-23(2)20-13-14-24(23,3)21(19(20)15-16-7-5-4-6-8-16)26-28-22(27)17-9-11-18(25)12-10-17/h4-12,15,20H,13-14H2,1-3H3/b19-15+,26-21-. The lowest BCUT2D eigenvalue weighted by Gasteiger charge is -2.33.